The Morgan fingerprint density at radius 2 is 2.06 bits per heavy atom. The fourth-order valence-corrected chi connectivity index (χ4v) is 1.76. The quantitative estimate of drug-likeness (QED) is 0.881. The number of carboxylic acid groups (broad SMARTS) is 1. The minimum absolute atomic E-state index is 0.0743. The molecule has 0 aromatic carbocycles. The third-order valence-electron chi connectivity index (χ3n) is 2.56. The maximum Gasteiger partial charge on any atom is 0.375 e. The first-order chi connectivity index (χ1) is 8.40. The molecule has 2 aromatic rings. The molecule has 2 aromatic heterocycles. The third kappa shape index (κ3) is 1.99. The minimum Gasteiger partial charge on any atom is -0.475 e. The van der Waals surface area contributed by atoms with Crippen LogP contribution < -0.4 is 0 Å². The number of carbonyl (C=O) groups is 1. The average molecular weight is 249 g/mol. The summed E-state index contributed by atoms with van der Waals surface area (Å²) >= 11 is 0. The molecule has 2 heterocycles. The van der Waals surface area contributed by atoms with Crippen LogP contribution in [0.2, 0.25) is 0 Å². The molecule has 18 heavy (non-hydrogen) atoms. The van der Waals surface area contributed by atoms with Crippen LogP contribution in [-0.4, -0.2) is 35.6 Å². The molecule has 2 rings (SSSR count). The predicted molar refractivity (Wildman–Crippen MR) is 63.9 cm³/mol. The Hall–Kier alpha value is -2.18. The van der Waals surface area contributed by atoms with Crippen LogP contribution in [0.1, 0.15) is 41.9 Å². The molecule has 7 heteroatoms. The van der Waals surface area contributed by atoms with Gasteiger partial charge in [-0.15, -0.1) is 5.10 Å². The van der Waals surface area contributed by atoms with Gasteiger partial charge in [-0.05, 0) is 6.92 Å². The molecule has 0 radical (unpaired) electrons. The van der Waals surface area contributed by atoms with E-state index >= 15 is 0 Å². The van der Waals surface area contributed by atoms with Crippen LogP contribution in [0.15, 0.2) is 6.20 Å². The molecule has 0 unspecified atom stereocenters. The molecule has 7 nitrogen and oxygen atoms in total. The number of hydrogen-bond acceptors (Lipinski definition) is 4. The summed E-state index contributed by atoms with van der Waals surface area (Å²) in [4.78, 5) is 15.0. The molecule has 0 amide bonds. The van der Waals surface area contributed by atoms with Crippen molar-refractivity contribution in [1.29, 1.82) is 0 Å². The summed E-state index contributed by atoms with van der Waals surface area (Å²) in [5.41, 5.74) is 1.53. The van der Waals surface area contributed by atoms with E-state index in [1.807, 2.05) is 20.8 Å². The lowest BCUT2D eigenvalue weighted by Gasteiger charge is -2.06. The summed E-state index contributed by atoms with van der Waals surface area (Å²) in [5.74, 6) is -0.632. The average Bonchev–Trinajstić information content (AvgIpc) is 2.81. The van der Waals surface area contributed by atoms with Crippen LogP contribution in [0.5, 0.6) is 0 Å². The van der Waals surface area contributed by atoms with Crippen LogP contribution in [0.3, 0.4) is 0 Å². The lowest BCUT2D eigenvalue weighted by molar-refractivity contribution is 0.0683. The van der Waals surface area contributed by atoms with E-state index in [-0.39, 0.29) is 11.7 Å². The van der Waals surface area contributed by atoms with Gasteiger partial charge in [0.2, 0.25) is 0 Å². The minimum atomic E-state index is -1.13. The van der Waals surface area contributed by atoms with Crippen molar-refractivity contribution < 1.29 is 9.90 Å². The summed E-state index contributed by atoms with van der Waals surface area (Å²) in [6, 6.07) is 0. The topological polar surface area (TPSA) is 85.8 Å². The highest BCUT2D eigenvalue weighted by atomic mass is 16.4. The molecular formula is C11H15N5O2. The van der Waals surface area contributed by atoms with Crippen LogP contribution >= 0.6 is 0 Å². The summed E-state index contributed by atoms with van der Waals surface area (Å²) in [6.07, 6.45) is 1.79. The van der Waals surface area contributed by atoms with Crippen LogP contribution in [-0.2, 0) is 7.05 Å². The van der Waals surface area contributed by atoms with E-state index in [9.17, 15) is 4.79 Å². The number of aromatic carboxylic acids is 1. The van der Waals surface area contributed by atoms with Crippen LogP contribution in [0, 0.1) is 6.92 Å². The molecule has 0 aliphatic heterocycles. The van der Waals surface area contributed by atoms with Gasteiger partial charge in [0.1, 0.15) is 11.5 Å². The summed E-state index contributed by atoms with van der Waals surface area (Å²) in [7, 11) is 1.81. The Morgan fingerprint density at radius 3 is 2.50 bits per heavy atom. The third-order valence-corrected chi connectivity index (χ3v) is 2.56. The first-order valence-electron chi connectivity index (χ1n) is 5.61. The summed E-state index contributed by atoms with van der Waals surface area (Å²) in [5, 5.41) is 17.2. The molecule has 0 saturated heterocycles. The molecule has 1 N–H and O–H groups in total. The first kappa shape index (κ1) is 12.3. The number of aromatic nitrogens is 5. The van der Waals surface area contributed by atoms with Crippen molar-refractivity contribution in [3.63, 3.8) is 0 Å². The second-order valence-electron chi connectivity index (χ2n) is 4.44. The smallest absolute Gasteiger partial charge is 0.375 e. The highest BCUT2D eigenvalue weighted by Crippen LogP contribution is 2.19. The Labute approximate surface area is 104 Å². The fourth-order valence-electron chi connectivity index (χ4n) is 1.76. The van der Waals surface area contributed by atoms with Gasteiger partial charge < -0.3 is 5.11 Å². The summed E-state index contributed by atoms with van der Waals surface area (Å²) < 4.78 is 3.22. The Morgan fingerprint density at radius 1 is 1.39 bits per heavy atom. The van der Waals surface area contributed by atoms with E-state index in [1.54, 1.807) is 22.6 Å². The molecule has 96 valence electrons. The van der Waals surface area contributed by atoms with Gasteiger partial charge in [-0.2, -0.15) is 5.10 Å². The molecular weight excluding hydrogens is 234 g/mol. The van der Waals surface area contributed by atoms with E-state index < -0.39 is 5.97 Å². The standard InChI is InChI=1S/C11H15N5O2/c1-6(2)10-12-9(11(17)18)14-16(10)8-5-15(4)13-7(8)3/h5-6H,1-4H3,(H,17,18). The Balaban J connectivity index is 2.62. The summed E-state index contributed by atoms with van der Waals surface area (Å²) in [6.45, 7) is 5.73. The van der Waals surface area contributed by atoms with E-state index in [4.69, 9.17) is 5.11 Å². The molecule has 0 aliphatic carbocycles. The maximum absolute atomic E-state index is 11.0. The van der Waals surface area contributed by atoms with Gasteiger partial charge in [0, 0.05) is 13.0 Å². The number of aryl methyl sites for hydroxylation is 2. The molecule has 0 bridgehead atoms. The van der Waals surface area contributed by atoms with Crippen molar-refractivity contribution in [2.45, 2.75) is 26.7 Å². The van der Waals surface area contributed by atoms with E-state index in [2.05, 4.69) is 15.2 Å². The highest BCUT2D eigenvalue weighted by molar-refractivity contribution is 5.83. The van der Waals surface area contributed by atoms with Crippen molar-refractivity contribution >= 4 is 5.97 Å². The number of carboxylic acids is 1. The predicted octanol–water partition coefficient (Wildman–Crippen LogP) is 1.13. The van der Waals surface area contributed by atoms with E-state index in [1.165, 1.54) is 0 Å². The van der Waals surface area contributed by atoms with Gasteiger partial charge in [0.15, 0.2) is 0 Å². The van der Waals surface area contributed by atoms with Crippen LogP contribution in [0.4, 0.5) is 0 Å². The molecule has 0 fully saturated rings. The SMILES string of the molecule is Cc1nn(C)cc1-n1nc(C(=O)O)nc1C(C)C. The van der Waals surface area contributed by atoms with Gasteiger partial charge in [-0.1, -0.05) is 13.8 Å². The Bertz CT molecular complexity index is 597. The first-order valence-corrected chi connectivity index (χ1v) is 5.61. The van der Waals surface area contributed by atoms with Crippen molar-refractivity contribution in [3.8, 4) is 5.69 Å². The largest absolute Gasteiger partial charge is 0.475 e. The van der Waals surface area contributed by atoms with Gasteiger partial charge >= 0.3 is 5.97 Å². The van der Waals surface area contributed by atoms with Crippen molar-refractivity contribution in [2.75, 3.05) is 0 Å². The molecule has 0 atom stereocenters. The fraction of sp³-hybridized carbons (Fsp3) is 0.455. The van der Waals surface area contributed by atoms with Crippen LogP contribution in [0.25, 0.3) is 5.69 Å². The normalized spacial score (nSPS) is 11.2. The number of rotatable bonds is 3. The van der Waals surface area contributed by atoms with Gasteiger partial charge in [-0.25, -0.2) is 14.5 Å². The zero-order valence-corrected chi connectivity index (χ0v) is 10.7. The van der Waals surface area contributed by atoms with E-state index in [0.29, 0.717) is 5.82 Å². The van der Waals surface area contributed by atoms with Gasteiger partial charge in [-0.3, -0.25) is 4.68 Å². The van der Waals surface area contributed by atoms with E-state index in [0.717, 1.165) is 11.4 Å². The lowest BCUT2D eigenvalue weighted by atomic mass is 10.2. The molecule has 0 spiro atoms. The second-order valence-corrected chi connectivity index (χ2v) is 4.44. The molecule has 0 aliphatic rings. The van der Waals surface area contributed by atoms with Gasteiger partial charge in [0.25, 0.3) is 5.82 Å². The zero-order chi connectivity index (χ0) is 13.4. The zero-order valence-electron chi connectivity index (χ0n) is 10.7. The van der Waals surface area contributed by atoms with Gasteiger partial charge in [0.05, 0.1) is 11.9 Å². The molecule has 0 saturated carbocycles. The highest BCUT2D eigenvalue weighted by Gasteiger charge is 2.20. The number of hydrogen-bond donors (Lipinski definition) is 1. The second kappa shape index (κ2) is 4.25. The Kier molecular flexibility index (Phi) is 2.90. The number of nitrogens with zero attached hydrogens (tertiary/aromatic N) is 5. The maximum atomic E-state index is 11.0. The lowest BCUT2D eigenvalue weighted by Crippen LogP contribution is -2.05. The van der Waals surface area contributed by atoms with Crippen molar-refractivity contribution in [1.82, 2.24) is 24.5 Å². The van der Waals surface area contributed by atoms with Crippen molar-refractivity contribution in [3.05, 3.63) is 23.5 Å². The monoisotopic (exact) mass is 249 g/mol. The van der Waals surface area contributed by atoms with Crippen molar-refractivity contribution in [2.24, 2.45) is 7.05 Å².